The van der Waals surface area contributed by atoms with Gasteiger partial charge >= 0.3 is 6.09 Å². The second-order valence-electron chi connectivity index (χ2n) is 10.9. The van der Waals surface area contributed by atoms with Gasteiger partial charge in [0, 0.05) is 24.9 Å². The van der Waals surface area contributed by atoms with Gasteiger partial charge in [-0.25, -0.2) is 18.2 Å². The predicted octanol–water partition coefficient (Wildman–Crippen LogP) is 6.08. The Morgan fingerprint density at radius 1 is 1.03 bits per heavy atom. The standard InChI is InChI=1S/C29H32N2O6S/c1-29(2,3)37-28(32)31-13-11-19(12-14-31)18-35-23-8-7-20-15-22(6-5-21(20)16-23)27-30-25-17-24(38(4,33)34)9-10-26(25)36-27/h5-10,15-17,19H,11-14,18H2,1-4H3. The molecule has 0 spiro atoms. The average Bonchev–Trinajstić information content (AvgIpc) is 3.29. The molecule has 0 radical (unpaired) electrons. The number of oxazole rings is 1. The highest BCUT2D eigenvalue weighted by Crippen LogP contribution is 2.30. The third-order valence-electron chi connectivity index (χ3n) is 6.60. The summed E-state index contributed by atoms with van der Waals surface area (Å²) in [7, 11) is -3.32. The van der Waals surface area contributed by atoms with Crippen LogP contribution < -0.4 is 4.74 Å². The molecule has 1 aromatic heterocycles. The van der Waals surface area contributed by atoms with Crippen LogP contribution in [0.2, 0.25) is 0 Å². The van der Waals surface area contributed by atoms with Crippen molar-refractivity contribution in [3.05, 3.63) is 54.6 Å². The van der Waals surface area contributed by atoms with Crippen LogP contribution in [0.4, 0.5) is 4.79 Å². The number of benzene rings is 3. The minimum Gasteiger partial charge on any atom is -0.493 e. The predicted molar refractivity (Wildman–Crippen MR) is 146 cm³/mol. The molecule has 1 amide bonds. The van der Waals surface area contributed by atoms with Gasteiger partial charge in [-0.1, -0.05) is 12.1 Å². The molecule has 38 heavy (non-hydrogen) atoms. The lowest BCUT2D eigenvalue weighted by Gasteiger charge is -2.33. The summed E-state index contributed by atoms with van der Waals surface area (Å²) in [5.74, 6) is 1.62. The SMILES string of the molecule is CC(C)(C)OC(=O)N1CCC(COc2ccc3cc(-c4nc5cc(S(C)(=O)=O)ccc5o4)ccc3c2)CC1. The molecule has 1 fully saturated rings. The van der Waals surface area contributed by atoms with E-state index in [2.05, 4.69) is 4.98 Å². The van der Waals surface area contributed by atoms with E-state index in [1.54, 1.807) is 11.0 Å². The van der Waals surface area contributed by atoms with Gasteiger partial charge in [0.2, 0.25) is 5.89 Å². The highest BCUT2D eigenvalue weighted by atomic mass is 32.2. The molecule has 3 aromatic carbocycles. The number of amides is 1. The highest BCUT2D eigenvalue weighted by molar-refractivity contribution is 7.90. The summed E-state index contributed by atoms with van der Waals surface area (Å²) in [4.78, 5) is 18.8. The molecule has 1 saturated heterocycles. The van der Waals surface area contributed by atoms with E-state index < -0.39 is 15.4 Å². The minimum atomic E-state index is -3.32. The van der Waals surface area contributed by atoms with E-state index in [0.29, 0.717) is 42.6 Å². The molecule has 200 valence electrons. The molecular weight excluding hydrogens is 504 g/mol. The largest absolute Gasteiger partial charge is 0.493 e. The number of carbonyl (C=O) groups excluding carboxylic acids is 1. The zero-order chi connectivity index (χ0) is 27.1. The second-order valence-corrected chi connectivity index (χ2v) is 12.9. The number of nitrogens with zero attached hydrogens (tertiary/aromatic N) is 2. The molecule has 9 heteroatoms. The number of ether oxygens (including phenoxy) is 2. The number of likely N-dealkylation sites (tertiary alicyclic amines) is 1. The van der Waals surface area contributed by atoms with E-state index in [9.17, 15) is 13.2 Å². The van der Waals surface area contributed by atoms with Crippen molar-refractivity contribution in [3.8, 4) is 17.2 Å². The average molecular weight is 537 g/mol. The van der Waals surface area contributed by atoms with Crippen molar-refractivity contribution in [2.24, 2.45) is 5.92 Å². The Hall–Kier alpha value is -3.59. The molecule has 4 aromatic rings. The summed E-state index contributed by atoms with van der Waals surface area (Å²) in [6.07, 6.45) is 2.69. The molecule has 8 nitrogen and oxygen atoms in total. The lowest BCUT2D eigenvalue weighted by atomic mass is 9.98. The van der Waals surface area contributed by atoms with Crippen LogP contribution in [0.15, 0.2) is 63.9 Å². The summed E-state index contributed by atoms with van der Waals surface area (Å²) < 4.78 is 41.2. The lowest BCUT2D eigenvalue weighted by Crippen LogP contribution is -2.42. The smallest absolute Gasteiger partial charge is 0.410 e. The summed E-state index contributed by atoms with van der Waals surface area (Å²) in [5.41, 5.74) is 1.36. The van der Waals surface area contributed by atoms with Gasteiger partial charge in [0.25, 0.3) is 0 Å². The first-order chi connectivity index (χ1) is 17.9. The number of hydrogen-bond donors (Lipinski definition) is 0. The fourth-order valence-corrected chi connectivity index (χ4v) is 5.17. The quantitative estimate of drug-likeness (QED) is 0.305. The molecular formula is C29H32N2O6S. The van der Waals surface area contributed by atoms with Crippen LogP contribution in [-0.2, 0) is 14.6 Å². The Bertz CT molecular complexity index is 1590. The van der Waals surface area contributed by atoms with Gasteiger partial charge in [0.05, 0.1) is 11.5 Å². The van der Waals surface area contributed by atoms with Crippen molar-refractivity contribution in [2.75, 3.05) is 26.0 Å². The second kappa shape index (κ2) is 9.94. The first-order valence-electron chi connectivity index (χ1n) is 12.7. The zero-order valence-corrected chi connectivity index (χ0v) is 22.9. The maximum Gasteiger partial charge on any atom is 0.410 e. The van der Waals surface area contributed by atoms with Crippen molar-refractivity contribution in [1.29, 1.82) is 0 Å². The van der Waals surface area contributed by atoms with Crippen LogP contribution in [0.5, 0.6) is 5.75 Å². The first-order valence-corrected chi connectivity index (χ1v) is 14.6. The molecule has 1 aliphatic rings. The summed E-state index contributed by atoms with van der Waals surface area (Å²) in [6.45, 7) is 7.59. The van der Waals surface area contributed by atoms with Gasteiger partial charge < -0.3 is 18.8 Å². The Labute approximate surface area is 222 Å². The number of piperidine rings is 1. The molecule has 0 N–H and O–H groups in total. The van der Waals surface area contributed by atoms with Crippen LogP contribution >= 0.6 is 0 Å². The van der Waals surface area contributed by atoms with Gasteiger partial charge in [-0.15, -0.1) is 0 Å². The fraction of sp³-hybridized carbons (Fsp3) is 0.379. The van der Waals surface area contributed by atoms with Crippen LogP contribution in [0.25, 0.3) is 33.3 Å². The van der Waals surface area contributed by atoms with E-state index in [-0.39, 0.29) is 11.0 Å². The Kier molecular flexibility index (Phi) is 6.81. The Balaban J connectivity index is 1.22. The maximum absolute atomic E-state index is 12.3. The van der Waals surface area contributed by atoms with Gasteiger partial charge in [-0.3, -0.25) is 0 Å². The molecule has 0 unspecified atom stereocenters. The number of aromatic nitrogens is 1. The molecule has 0 atom stereocenters. The van der Waals surface area contributed by atoms with Gasteiger partial charge in [-0.2, -0.15) is 0 Å². The topological polar surface area (TPSA) is 98.9 Å². The lowest BCUT2D eigenvalue weighted by molar-refractivity contribution is 0.0165. The van der Waals surface area contributed by atoms with Crippen molar-refractivity contribution in [2.45, 2.75) is 44.1 Å². The summed E-state index contributed by atoms with van der Waals surface area (Å²) in [6, 6.07) is 16.6. The molecule has 0 aliphatic carbocycles. The van der Waals surface area contributed by atoms with Crippen LogP contribution in [0, 0.1) is 5.92 Å². The molecule has 0 bridgehead atoms. The Morgan fingerprint density at radius 2 is 1.74 bits per heavy atom. The van der Waals surface area contributed by atoms with Crippen LogP contribution in [0.1, 0.15) is 33.6 Å². The van der Waals surface area contributed by atoms with Gasteiger partial charge in [0.15, 0.2) is 15.4 Å². The minimum absolute atomic E-state index is 0.212. The summed E-state index contributed by atoms with van der Waals surface area (Å²) in [5, 5.41) is 2.04. The van der Waals surface area contributed by atoms with Gasteiger partial charge in [-0.05, 0) is 92.8 Å². The normalized spacial score (nSPS) is 15.2. The van der Waals surface area contributed by atoms with Crippen molar-refractivity contribution in [1.82, 2.24) is 9.88 Å². The fourth-order valence-electron chi connectivity index (χ4n) is 4.53. The van der Waals surface area contributed by atoms with Crippen LogP contribution in [0.3, 0.4) is 0 Å². The van der Waals surface area contributed by atoms with E-state index in [1.165, 1.54) is 18.4 Å². The van der Waals surface area contributed by atoms with Crippen LogP contribution in [-0.4, -0.2) is 55.9 Å². The van der Waals surface area contributed by atoms with E-state index in [0.717, 1.165) is 34.9 Å². The number of sulfone groups is 1. The molecule has 1 aliphatic heterocycles. The Morgan fingerprint density at radius 3 is 2.45 bits per heavy atom. The van der Waals surface area contributed by atoms with Gasteiger partial charge in [0.1, 0.15) is 16.9 Å². The maximum atomic E-state index is 12.3. The third-order valence-corrected chi connectivity index (χ3v) is 7.71. The number of fused-ring (bicyclic) bond motifs is 2. The number of hydrogen-bond acceptors (Lipinski definition) is 7. The third kappa shape index (κ3) is 5.93. The highest BCUT2D eigenvalue weighted by Gasteiger charge is 2.27. The number of carbonyl (C=O) groups is 1. The van der Waals surface area contributed by atoms with Crippen molar-refractivity contribution in [3.63, 3.8) is 0 Å². The van der Waals surface area contributed by atoms with E-state index in [4.69, 9.17) is 13.9 Å². The summed E-state index contributed by atoms with van der Waals surface area (Å²) >= 11 is 0. The van der Waals surface area contributed by atoms with Crippen molar-refractivity contribution >= 4 is 37.8 Å². The molecule has 0 saturated carbocycles. The first kappa shape index (κ1) is 26.0. The molecule has 2 heterocycles. The molecule has 5 rings (SSSR count). The van der Waals surface area contributed by atoms with Crippen molar-refractivity contribution < 1.29 is 27.1 Å². The van der Waals surface area contributed by atoms with E-state index in [1.807, 2.05) is 57.2 Å². The van der Waals surface area contributed by atoms with E-state index >= 15 is 0 Å². The number of rotatable bonds is 5. The zero-order valence-electron chi connectivity index (χ0n) is 22.1. The monoisotopic (exact) mass is 536 g/mol.